The summed E-state index contributed by atoms with van der Waals surface area (Å²) < 4.78 is 25.0. The van der Waals surface area contributed by atoms with Gasteiger partial charge in [-0.15, -0.1) is 0 Å². The molecule has 2 rings (SSSR count). The highest BCUT2D eigenvalue weighted by atomic mass is 32.2. The fourth-order valence-electron chi connectivity index (χ4n) is 1.72. The third kappa shape index (κ3) is 1.17. The summed E-state index contributed by atoms with van der Waals surface area (Å²) in [4.78, 5) is 0. The minimum absolute atomic E-state index is 0.0214. The highest BCUT2D eigenvalue weighted by Gasteiger charge is 2.45. The van der Waals surface area contributed by atoms with Crippen LogP contribution in [-0.4, -0.2) is 30.6 Å². The van der Waals surface area contributed by atoms with E-state index in [1.165, 1.54) is 0 Å². The SMILES string of the molecule is CCC1CCN1S(=O)(=O)C1CC1. The van der Waals surface area contributed by atoms with Gasteiger partial charge < -0.3 is 0 Å². The van der Waals surface area contributed by atoms with Gasteiger partial charge in [0.05, 0.1) is 5.25 Å². The molecular formula is C8H15NO2S. The molecule has 0 spiro atoms. The van der Waals surface area contributed by atoms with Crippen molar-refractivity contribution >= 4 is 10.0 Å². The van der Waals surface area contributed by atoms with Crippen molar-refractivity contribution < 1.29 is 8.42 Å². The molecule has 0 aromatic carbocycles. The number of nitrogens with zero attached hydrogens (tertiary/aromatic N) is 1. The smallest absolute Gasteiger partial charge is 0.212 e. The molecule has 0 amide bonds. The van der Waals surface area contributed by atoms with E-state index in [1.54, 1.807) is 4.31 Å². The second-order valence-corrected chi connectivity index (χ2v) is 5.87. The maximum atomic E-state index is 11.7. The number of hydrogen-bond acceptors (Lipinski definition) is 2. The van der Waals surface area contributed by atoms with Crippen LogP contribution in [0, 0.1) is 0 Å². The zero-order valence-electron chi connectivity index (χ0n) is 7.36. The number of sulfonamides is 1. The molecule has 1 unspecified atom stereocenters. The van der Waals surface area contributed by atoms with Crippen LogP contribution in [0.5, 0.6) is 0 Å². The van der Waals surface area contributed by atoms with Crippen LogP contribution in [0.4, 0.5) is 0 Å². The average molecular weight is 189 g/mol. The van der Waals surface area contributed by atoms with E-state index in [0.29, 0.717) is 6.04 Å². The second kappa shape index (κ2) is 2.70. The Labute approximate surface area is 73.8 Å². The first-order valence-electron chi connectivity index (χ1n) is 4.67. The van der Waals surface area contributed by atoms with Gasteiger partial charge in [0, 0.05) is 12.6 Å². The Balaban J connectivity index is 2.08. The monoisotopic (exact) mass is 189 g/mol. The largest absolute Gasteiger partial charge is 0.217 e. The van der Waals surface area contributed by atoms with Gasteiger partial charge in [-0.1, -0.05) is 6.92 Å². The van der Waals surface area contributed by atoms with Crippen molar-refractivity contribution in [1.82, 2.24) is 4.31 Å². The zero-order chi connectivity index (χ0) is 8.77. The molecule has 1 heterocycles. The lowest BCUT2D eigenvalue weighted by atomic mass is 10.1. The van der Waals surface area contributed by atoms with Crippen LogP contribution in [0.2, 0.25) is 0 Å². The Morgan fingerprint density at radius 3 is 2.33 bits per heavy atom. The highest BCUT2D eigenvalue weighted by molar-refractivity contribution is 7.90. The van der Waals surface area contributed by atoms with Gasteiger partial charge in [-0.3, -0.25) is 0 Å². The fraction of sp³-hybridized carbons (Fsp3) is 1.00. The molecule has 1 aliphatic carbocycles. The van der Waals surface area contributed by atoms with Crippen LogP contribution in [0.15, 0.2) is 0 Å². The molecule has 0 aromatic rings. The summed E-state index contributed by atoms with van der Waals surface area (Å²) in [5.74, 6) is 0. The maximum absolute atomic E-state index is 11.7. The number of hydrogen-bond donors (Lipinski definition) is 0. The van der Waals surface area contributed by atoms with Crippen molar-refractivity contribution in [3.63, 3.8) is 0 Å². The van der Waals surface area contributed by atoms with Crippen molar-refractivity contribution in [1.29, 1.82) is 0 Å². The molecule has 0 N–H and O–H groups in total. The van der Waals surface area contributed by atoms with E-state index in [1.807, 2.05) is 0 Å². The van der Waals surface area contributed by atoms with Crippen LogP contribution in [0.3, 0.4) is 0 Å². The standard InChI is InChI=1S/C8H15NO2S/c1-2-7-5-6-9(7)12(10,11)8-3-4-8/h7-8H,2-6H2,1H3. The first-order valence-corrected chi connectivity index (χ1v) is 6.17. The molecule has 0 bridgehead atoms. The molecule has 4 heteroatoms. The quantitative estimate of drug-likeness (QED) is 0.663. The Bertz CT molecular complexity index is 267. The molecule has 2 fully saturated rings. The number of rotatable bonds is 3. The summed E-state index contributed by atoms with van der Waals surface area (Å²) in [5.41, 5.74) is 0. The van der Waals surface area contributed by atoms with E-state index in [9.17, 15) is 8.42 Å². The van der Waals surface area contributed by atoms with Gasteiger partial charge in [0.15, 0.2) is 0 Å². The molecule has 1 saturated heterocycles. The molecular weight excluding hydrogens is 174 g/mol. The van der Waals surface area contributed by atoms with Crippen molar-refractivity contribution in [2.24, 2.45) is 0 Å². The van der Waals surface area contributed by atoms with Crippen LogP contribution in [0.1, 0.15) is 32.6 Å². The minimum Gasteiger partial charge on any atom is -0.212 e. The second-order valence-electron chi connectivity index (χ2n) is 3.71. The van der Waals surface area contributed by atoms with E-state index >= 15 is 0 Å². The van der Waals surface area contributed by atoms with E-state index in [4.69, 9.17) is 0 Å². The van der Waals surface area contributed by atoms with Gasteiger partial charge in [0.1, 0.15) is 0 Å². The van der Waals surface area contributed by atoms with Gasteiger partial charge in [0.2, 0.25) is 10.0 Å². The van der Waals surface area contributed by atoms with Crippen molar-refractivity contribution in [2.45, 2.75) is 43.9 Å². The maximum Gasteiger partial charge on any atom is 0.217 e. The molecule has 0 radical (unpaired) electrons. The lowest BCUT2D eigenvalue weighted by molar-refractivity contribution is 0.194. The molecule has 12 heavy (non-hydrogen) atoms. The van der Waals surface area contributed by atoms with E-state index in [0.717, 1.165) is 32.2 Å². The van der Waals surface area contributed by atoms with Gasteiger partial charge in [0.25, 0.3) is 0 Å². The van der Waals surface area contributed by atoms with Crippen molar-refractivity contribution in [3.05, 3.63) is 0 Å². The lowest BCUT2D eigenvalue weighted by Gasteiger charge is -2.39. The first kappa shape index (κ1) is 8.51. The third-order valence-electron chi connectivity index (χ3n) is 2.83. The Morgan fingerprint density at radius 2 is 2.00 bits per heavy atom. The Morgan fingerprint density at radius 1 is 1.33 bits per heavy atom. The molecule has 3 nitrogen and oxygen atoms in total. The summed E-state index contributed by atoms with van der Waals surface area (Å²) in [5, 5.41) is -0.0214. The molecule has 0 aromatic heterocycles. The Hall–Kier alpha value is -0.0900. The van der Waals surface area contributed by atoms with Crippen molar-refractivity contribution in [2.75, 3.05) is 6.54 Å². The predicted octanol–water partition coefficient (Wildman–Crippen LogP) is 0.963. The molecule has 1 aliphatic heterocycles. The zero-order valence-corrected chi connectivity index (χ0v) is 8.18. The van der Waals surface area contributed by atoms with E-state index in [-0.39, 0.29) is 5.25 Å². The molecule has 2 aliphatic rings. The molecule has 70 valence electrons. The van der Waals surface area contributed by atoms with E-state index < -0.39 is 10.0 Å². The third-order valence-corrected chi connectivity index (χ3v) is 5.28. The van der Waals surface area contributed by atoms with Crippen LogP contribution in [0.25, 0.3) is 0 Å². The summed E-state index contributed by atoms with van der Waals surface area (Å²) in [7, 11) is -2.86. The minimum atomic E-state index is -2.86. The first-order chi connectivity index (χ1) is 5.66. The average Bonchev–Trinajstić information content (AvgIpc) is 2.63. The summed E-state index contributed by atoms with van der Waals surface area (Å²) in [6, 6.07) is 0.315. The van der Waals surface area contributed by atoms with Gasteiger partial charge in [-0.05, 0) is 25.7 Å². The van der Waals surface area contributed by atoms with Gasteiger partial charge >= 0.3 is 0 Å². The van der Waals surface area contributed by atoms with Gasteiger partial charge in [-0.2, -0.15) is 4.31 Å². The highest BCUT2D eigenvalue weighted by Crippen LogP contribution is 2.36. The summed E-state index contributed by atoms with van der Waals surface area (Å²) >= 11 is 0. The van der Waals surface area contributed by atoms with Crippen LogP contribution < -0.4 is 0 Å². The van der Waals surface area contributed by atoms with Gasteiger partial charge in [-0.25, -0.2) is 8.42 Å². The van der Waals surface area contributed by atoms with Crippen LogP contribution in [-0.2, 0) is 10.0 Å². The molecule has 1 atom stereocenters. The predicted molar refractivity (Wildman–Crippen MR) is 47.3 cm³/mol. The van der Waals surface area contributed by atoms with Crippen molar-refractivity contribution in [3.8, 4) is 0 Å². The topological polar surface area (TPSA) is 37.4 Å². The Kier molecular flexibility index (Phi) is 1.92. The summed E-state index contributed by atoms with van der Waals surface area (Å²) in [6.07, 6.45) is 3.79. The fourth-order valence-corrected chi connectivity index (χ4v) is 3.86. The normalized spacial score (nSPS) is 31.6. The van der Waals surface area contributed by atoms with Crippen LogP contribution >= 0.6 is 0 Å². The summed E-state index contributed by atoms with van der Waals surface area (Å²) in [6.45, 7) is 2.82. The molecule has 1 saturated carbocycles. The lowest BCUT2D eigenvalue weighted by Crippen LogP contribution is -2.51. The van der Waals surface area contributed by atoms with E-state index in [2.05, 4.69) is 6.92 Å².